The van der Waals surface area contributed by atoms with Crippen LogP contribution in [-0.2, 0) is 11.2 Å². The lowest BCUT2D eigenvalue weighted by molar-refractivity contribution is -0.145. The van der Waals surface area contributed by atoms with Crippen molar-refractivity contribution in [2.24, 2.45) is 0 Å². The minimum absolute atomic E-state index is 0.321. The second-order valence-corrected chi connectivity index (χ2v) is 4.81. The maximum atomic E-state index is 11.3. The molecule has 0 aromatic heterocycles. The van der Waals surface area contributed by atoms with Crippen molar-refractivity contribution in [2.45, 2.75) is 19.4 Å². The summed E-state index contributed by atoms with van der Waals surface area (Å²) < 4.78 is 10.6. The average molecular weight is 286 g/mol. The van der Waals surface area contributed by atoms with E-state index in [0.717, 1.165) is 11.1 Å². The number of benzene rings is 2. The normalized spacial score (nSPS) is 11.7. The second-order valence-electron chi connectivity index (χ2n) is 4.81. The Hall–Kier alpha value is -2.49. The van der Waals surface area contributed by atoms with Gasteiger partial charge in [-0.1, -0.05) is 29.8 Å². The number of methoxy groups -OCH3 is 1. The van der Waals surface area contributed by atoms with Crippen molar-refractivity contribution in [2.75, 3.05) is 7.11 Å². The van der Waals surface area contributed by atoms with Crippen molar-refractivity contribution in [3.05, 3.63) is 59.7 Å². The molecule has 0 heterocycles. The first-order valence-electron chi connectivity index (χ1n) is 6.67. The van der Waals surface area contributed by atoms with Crippen LogP contribution in [0.25, 0.3) is 0 Å². The first-order valence-corrected chi connectivity index (χ1v) is 6.67. The lowest BCUT2D eigenvalue weighted by Crippen LogP contribution is -2.29. The molecule has 4 nitrogen and oxygen atoms in total. The van der Waals surface area contributed by atoms with Crippen molar-refractivity contribution in [1.29, 1.82) is 0 Å². The molecule has 1 unspecified atom stereocenters. The van der Waals surface area contributed by atoms with Gasteiger partial charge in [-0.3, -0.25) is 0 Å². The summed E-state index contributed by atoms with van der Waals surface area (Å²) >= 11 is 0. The monoisotopic (exact) mass is 286 g/mol. The molecule has 0 radical (unpaired) electrons. The minimum Gasteiger partial charge on any atom is -0.497 e. The van der Waals surface area contributed by atoms with Crippen molar-refractivity contribution >= 4 is 5.97 Å². The van der Waals surface area contributed by atoms with Gasteiger partial charge in [0.25, 0.3) is 0 Å². The van der Waals surface area contributed by atoms with Crippen LogP contribution < -0.4 is 9.47 Å². The molecule has 2 rings (SSSR count). The van der Waals surface area contributed by atoms with Crippen molar-refractivity contribution < 1.29 is 19.4 Å². The van der Waals surface area contributed by atoms with Gasteiger partial charge < -0.3 is 14.6 Å². The van der Waals surface area contributed by atoms with Crippen LogP contribution in [0.2, 0.25) is 0 Å². The molecule has 0 aliphatic carbocycles. The van der Waals surface area contributed by atoms with Gasteiger partial charge in [0.15, 0.2) is 6.10 Å². The molecular weight excluding hydrogens is 268 g/mol. The summed E-state index contributed by atoms with van der Waals surface area (Å²) in [6, 6.07) is 14.6. The van der Waals surface area contributed by atoms with E-state index in [0.29, 0.717) is 17.9 Å². The lowest BCUT2D eigenvalue weighted by Gasteiger charge is -2.15. The summed E-state index contributed by atoms with van der Waals surface area (Å²) in [6.07, 6.45) is -0.595. The fraction of sp³-hybridized carbons (Fsp3) is 0.235. The molecule has 2 aromatic carbocycles. The molecule has 0 spiro atoms. The Morgan fingerprint density at radius 1 is 1.05 bits per heavy atom. The van der Waals surface area contributed by atoms with Crippen LogP contribution in [0.1, 0.15) is 11.1 Å². The van der Waals surface area contributed by atoms with E-state index in [4.69, 9.17) is 9.47 Å². The molecule has 0 aliphatic heterocycles. The first-order chi connectivity index (χ1) is 10.1. The third kappa shape index (κ3) is 4.24. The Bertz CT molecular complexity index is 587. The van der Waals surface area contributed by atoms with E-state index in [1.54, 1.807) is 31.4 Å². The van der Waals surface area contributed by atoms with Crippen LogP contribution in [0, 0.1) is 6.92 Å². The summed E-state index contributed by atoms with van der Waals surface area (Å²) in [6.45, 7) is 1.99. The fourth-order valence-corrected chi connectivity index (χ4v) is 1.94. The predicted octanol–water partition coefficient (Wildman–Crippen LogP) is 3.08. The van der Waals surface area contributed by atoms with Crippen LogP contribution in [0.5, 0.6) is 11.5 Å². The van der Waals surface area contributed by atoms with Gasteiger partial charge in [0.2, 0.25) is 0 Å². The number of hydrogen-bond donors (Lipinski definition) is 1. The highest BCUT2D eigenvalue weighted by Gasteiger charge is 2.20. The van der Waals surface area contributed by atoms with Gasteiger partial charge in [0.1, 0.15) is 11.5 Å². The van der Waals surface area contributed by atoms with Crippen LogP contribution in [0.4, 0.5) is 0 Å². The molecule has 4 heteroatoms. The molecule has 0 bridgehead atoms. The van der Waals surface area contributed by atoms with Gasteiger partial charge in [-0.05, 0) is 36.8 Å². The van der Waals surface area contributed by atoms with E-state index in [-0.39, 0.29) is 0 Å². The number of carboxylic acids is 1. The van der Waals surface area contributed by atoms with E-state index >= 15 is 0 Å². The molecule has 110 valence electrons. The van der Waals surface area contributed by atoms with E-state index < -0.39 is 12.1 Å². The number of aliphatic carboxylic acids is 1. The van der Waals surface area contributed by atoms with Gasteiger partial charge in [0.05, 0.1) is 7.11 Å². The second kappa shape index (κ2) is 6.79. The van der Waals surface area contributed by atoms with Crippen molar-refractivity contribution in [1.82, 2.24) is 0 Å². The smallest absolute Gasteiger partial charge is 0.345 e. The van der Waals surface area contributed by atoms with Crippen molar-refractivity contribution in [3.8, 4) is 11.5 Å². The van der Waals surface area contributed by atoms with Crippen molar-refractivity contribution in [3.63, 3.8) is 0 Å². The highest BCUT2D eigenvalue weighted by atomic mass is 16.5. The lowest BCUT2D eigenvalue weighted by atomic mass is 10.1. The zero-order chi connectivity index (χ0) is 15.2. The number of aryl methyl sites for hydroxylation is 1. The van der Waals surface area contributed by atoms with Gasteiger partial charge >= 0.3 is 5.97 Å². The van der Waals surface area contributed by atoms with Gasteiger partial charge in [-0.2, -0.15) is 0 Å². The highest BCUT2D eigenvalue weighted by Crippen LogP contribution is 2.19. The van der Waals surface area contributed by atoms with Crippen LogP contribution in [-0.4, -0.2) is 24.3 Å². The summed E-state index contributed by atoms with van der Waals surface area (Å²) in [5.74, 6) is 0.231. The van der Waals surface area contributed by atoms with Gasteiger partial charge in [0, 0.05) is 6.42 Å². The van der Waals surface area contributed by atoms with Gasteiger partial charge in [-0.25, -0.2) is 4.79 Å². The Morgan fingerprint density at radius 2 is 1.62 bits per heavy atom. The molecule has 1 atom stereocenters. The standard InChI is InChI=1S/C17H18O4/c1-12-3-5-13(6-4-12)11-16(17(18)19)21-15-9-7-14(20-2)8-10-15/h3-10,16H,11H2,1-2H3,(H,18,19). The molecule has 0 saturated carbocycles. The molecular formula is C17H18O4. The minimum atomic E-state index is -0.980. The number of hydrogen-bond acceptors (Lipinski definition) is 3. The SMILES string of the molecule is COc1ccc(OC(Cc2ccc(C)cc2)C(=O)O)cc1. The maximum absolute atomic E-state index is 11.3. The van der Waals surface area contributed by atoms with E-state index in [9.17, 15) is 9.90 Å². The predicted molar refractivity (Wildman–Crippen MR) is 79.9 cm³/mol. The zero-order valence-corrected chi connectivity index (χ0v) is 12.1. The van der Waals surface area contributed by atoms with Gasteiger partial charge in [-0.15, -0.1) is 0 Å². The number of rotatable bonds is 6. The number of carbonyl (C=O) groups is 1. The van der Waals surface area contributed by atoms with E-state index in [2.05, 4.69) is 0 Å². The third-order valence-electron chi connectivity index (χ3n) is 3.15. The maximum Gasteiger partial charge on any atom is 0.345 e. The number of ether oxygens (including phenoxy) is 2. The topological polar surface area (TPSA) is 55.8 Å². The summed E-state index contributed by atoms with van der Waals surface area (Å²) in [5, 5.41) is 9.30. The summed E-state index contributed by atoms with van der Waals surface area (Å²) in [7, 11) is 1.58. The Labute approximate surface area is 123 Å². The third-order valence-corrected chi connectivity index (χ3v) is 3.15. The average Bonchev–Trinajstić information content (AvgIpc) is 2.49. The van der Waals surface area contributed by atoms with Crippen LogP contribution in [0.3, 0.4) is 0 Å². The first kappa shape index (κ1) is 14.9. The molecule has 2 aromatic rings. The number of carboxylic acid groups (broad SMARTS) is 1. The molecule has 0 saturated heterocycles. The Kier molecular flexibility index (Phi) is 4.82. The molecule has 0 fully saturated rings. The van der Waals surface area contributed by atoms with E-state index in [1.165, 1.54) is 0 Å². The molecule has 1 N–H and O–H groups in total. The fourth-order valence-electron chi connectivity index (χ4n) is 1.94. The Morgan fingerprint density at radius 3 is 2.14 bits per heavy atom. The quantitative estimate of drug-likeness (QED) is 0.886. The zero-order valence-electron chi connectivity index (χ0n) is 12.1. The van der Waals surface area contributed by atoms with Crippen LogP contribution >= 0.6 is 0 Å². The summed E-state index contributed by atoms with van der Waals surface area (Å²) in [5.41, 5.74) is 2.07. The molecule has 21 heavy (non-hydrogen) atoms. The summed E-state index contributed by atoms with van der Waals surface area (Å²) in [4.78, 5) is 11.3. The molecule has 0 aliphatic rings. The van der Waals surface area contributed by atoms with E-state index in [1.807, 2.05) is 31.2 Å². The highest BCUT2D eigenvalue weighted by molar-refractivity contribution is 5.73. The largest absolute Gasteiger partial charge is 0.497 e. The molecule has 0 amide bonds. The van der Waals surface area contributed by atoms with Crippen LogP contribution in [0.15, 0.2) is 48.5 Å². The Balaban J connectivity index is 2.07.